The number of carbonyl (C=O) groups is 1. The maximum absolute atomic E-state index is 12.8. The number of aromatic nitrogens is 1. The monoisotopic (exact) mass is 287 g/mol. The third-order valence-corrected chi connectivity index (χ3v) is 3.70. The predicted octanol–water partition coefficient (Wildman–Crippen LogP) is 0.769. The first kappa shape index (κ1) is 15.5. The molecule has 1 aromatic heterocycles. The van der Waals surface area contributed by atoms with E-state index in [0.717, 1.165) is 25.7 Å². The van der Waals surface area contributed by atoms with Gasteiger partial charge < -0.3 is 15.7 Å². The average Bonchev–Trinajstić information content (AvgIpc) is 3.04. The molecule has 0 saturated heterocycles. The van der Waals surface area contributed by atoms with Crippen LogP contribution in [0.15, 0.2) is 18.3 Å². The highest BCUT2D eigenvalue weighted by Gasteiger charge is 2.28. The van der Waals surface area contributed by atoms with Crippen LogP contribution in [0.4, 0.5) is 0 Å². The molecule has 1 aliphatic carbocycles. The zero-order chi connectivity index (χ0) is 15.1. The van der Waals surface area contributed by atoms with E-state index >= 15 is 0 Å². The van der Waals surface area contributed by atoms with Gasteiger partial charge in [0, 0.05) is 18.8 Å². The van der Waals surface area contributed by atoms with Crippen molar-refractivity contribution in [3.05, 3.63) is 29.6 Å². The van der Waals surface area contributed by atoms with E-state index in [1.807, 2.05) is 0 Å². The Balaban J connectivity index is 2.27. The highest BCUT2D eigenvalue weighted by Crippen LogP contribution is 2.24. The van der Waals surface area contributed by atoms with Gasteiger partial charge in [0.15, 0.2) is 0 Å². The van der Waals surface area contributed by atoms with Crippen LogP contribution in [0.1, 0.15) is 41.7 Å². The normalized spacial score (nSPS) is 14.6. The van der Waals surface area contributed by atoms with Crippen LogP contribution in [0.3, 0.4) is 0 Å². The van der Waals surface area contributed by atoms with Crippen molar-refractivity contribution in [2.24, 2.45) is 5.73 Å². The summed E-state index contributed by atoms with van der Waals surface area (Å²) in [6.45, 7) is 0.536. The van der Waals surface area contributed by atoms with Crippen LogP contribution in [-0.2, 0) is 0 Å². The summed E-state index contributed by atoms with van der Waals surface area (Å²) in [4.78, 5) is 18.7. The topological polar surface area (TPSA) is 79.5 Å². The quantitative estimate of drug-likeness (QED) is 0.802. The fourth-order valence-electron chi connectivity index (χ4n) is 2.73. The highest BCUT2D eigenvalue weighted by molar-refractivity contribution is 5.95. The summed E-state index contributed by atoms with van der Waals surface area (Å²) < 4.78 is 0. The van der Waals surface area contributed by atoms with Crippen LogP contribution >= 0.6 is 0 Å². The van der Waals surface area contributed by atoms with Crippen LogP contribution in [0, 0.1) is 11.8 Å². The van der Waals surface area contributed by atoms with Gasteiger partial charge in [-0.25, -0.2) is 4.98 Å². The summed E-state index contributed by atoms with van der Waals surface area (Å²) in [6, 6.07) is 3.72. The number of aliphatic hydroxyl groups is 1. The van der Waals surface area contributed by atoms with Crippen LogP contribution in [0.5, 0.6) is 0 Å². The Morgan fingerprint density at radius 3 is 2.90 bits per heavy atom. The molecule has 0 aromatic carbocycles. The Hall–Kier alpha value is -1.90. The summed E-state index contributed by atoms with van der Waals surface area (Å²) in [5, 5.41) is 9.24. The maximum Gasteiger partial charge on any atom is 0.274 e. The minimum Gasteiger partial charge on any atom is -0.395 e. The fourth-order valence-corrected chi connectivity index (χ4v) is 2.73. The van der Waals surface area contributed by atoms with Crippen molar-refractivity contribution >= 4 is 5.91 Å². The van der Waals surface area contributed by atoms with Gasteiger partial charge >= 0.3 is 0 Å². The van der Waals surface area contributed by atoms with Crippen molar-refractivity contribution in [2.45, 2.75) is 31.7 Å². The van der Waals surface area contributed by atoms with Crippen LogP contribution in [-0.4, -0.2) is 46.6 Å². The first-order valence-corrected chi connectivity index (χ1v) is 7.33. The van der Waals surface area contributed by atoms with E-state index in [9.17, 15) is 9.90 Å². The zero-order valence-corrected chi connectivity index (χ0v) is 12.1. The number of hydrogen-bond donors (Lipinski definition) is 2. The van der Waals surface area contributed by atoms with Gasteiger partial charge in [-0.2, -0.15) is 0 Å². The molecule has 3 N–H and O–H groups in total. The second kappa shape index (κ2) is 7.77. The maximum atomic E-state index is 12.8. The number of hydrogen-bond acceptors (Lipinski definition) is 4. The molecular weight excluding hydrogens is 266 g/mol. The molecule has 0 aliphatic heterocycles. The van der Waals surface area contributed by atoms with Crippen LogP contribution in [0.2, 0.25) is 0 Å². The summed E-state index contributed by atoms with van der Waals surface area (Å²) in [5.41, 5.74) is 6.32. The lowest BCUT2D eigenvalue weighted by Gasteiger charge is -2.28. The summed E-state index contributed by atoms with van der Waals surface area (Å²) >= 11 is 0. The second-order valence-corrected chi connectivity index (χ2v) is 5.07. The lowest BCUT2D eigenvalue weighted by molar-refractivity contribution is 0.0631. The van der Waals surface area contributed by atoms with Crippen molar-refractivity contribution in [3.63, 3.8) is 0 Å². The Kier molecular flexibility index (Phi) is 5.73. The van der Waals surface area contributed by atoms with E-state index in [4.69, 9.17) is 5.73 Å². The smallest absolute Gasteiger partial charge is 0.274 e. The van der Waals surface area contributed by atoms with Crippen molar-refractivity contribution in [1.29, 1.82) is 0 Å². The number of rotatable bonds is 4. The standard InChI is InChI=1S/C16H21N3O2/c17-9-3-5-13-6-4-10-18-15(13)16(21)19(11-12-20)14-7-1-2-8-14/h4,6,10,14,20H,1-2,7-9,11-12,17H2. The zero-order valence-electron chi connectivity index (χ0n) is 12.1. The Bertz CT molecular complexity index is 542. The van der Waals surface area contributed by atoms with E-state index in [-0.39, 0.29) is 25.1 Å². The third kappa shape index (κ3) is 3.81. The van der Waals surface area contributed by atoms with Gasteiger partial charge in [-0.3, -0.25) is 4.79 Å². The molecule has 1 aliphatic rings. The fraction of sp³-hybridized carbons (Fsp3) is 0.500. The first-order valence-electron chi connectivity index (χ1n) is 7.33. The molecule has 0 atom stereocenters. The lowest BCUT2D eigenvalue weighted by atomic mass is 10.1. The van der Waals surface area contributed by atoms with Crippen LogP contribution < -0.4 is 5.73 Å². The van der Waals surface area contributed by atoms with Crippen molar-refractivity contribution in [3.8, 4) is 11.8 Å². The molecule has 2 rings (SSSR count). The summed E-state index contributed by atoms with van der Waals surface area (Å²) in [5.74, 6) is 5.50. The molecule has 1 aromatic rings. The Morgan fingerprint density at radius 2 is 2.24 bits per heavy atom. The number of nitrogens with two attached hydrogens (primary N) is 1. The number of carbonyl (C=O) groups excluding carboxylic acids is 1. The molecule has 1 heterocycles. The van der Waals surface area contributed by atoms with Crippen LogP contribution in [0.25, 0.3) is 0 Å². The lowest BCUT2D eigenvalue weighted by Crippen LogP contribution is -2.41. The van der Waals surface area contributed by atoms with Gasteiger partial charge in [-0.15, -0.1) is 0 Å². The van der Waals surface area contributed by atoms with E-state index in [1.54, 1.807) is 23.2 Å². The van der Waals surface area contributed by atoms with Gasteiger partial charge in [-0.05, 0) is 25.0 Å². The van der Waals surface area contributed by atoms with E-state index in [1.165, 1.54) is 0 Å². The first-order chi connectivity index (χ1) is 10.3. The van der Waals surface area contributed by atoms with Gasteiger partial charge in [0.2, 0.25) is 0 Å². The molecule has 5 heteroatoms. The molecule has 1 saturated carbocycles. The molecule has 5 nitrogen and oxygen atoms in total. The second-order valence-electron chi connectivity index (χ2n) is 5.07. The molecule has 0 unspecified atom stereocenters. The third-order valence-electron chi connectivity index (χ3n) is 3.70. The minimum absolute atomic E-state index is 0.0428. The molecule has 1 fully saturated rings. The average molecular weight is 287 g/mol. The number of nitrogens with zero attached hydrogens (tertiary/aromatic N) is 2. The van der Waals surface area contributed by atoms with Gasteiger partial charge in [0.1, 0.15) is 5.69 Å². The SMILES string of the molecule is NCC#Cc1cccnc1C(=O)N(CCO)C1CCCC1. The molecular formula is C16H21N3O2. The molecule has 0 bridgehead atoms. The minimum atomic E-state index is -0.155. The summed E-state index contributed by atoms with van der Waals surface area (Å²) in [7, 11) is 0. The number of aliphatic hydroxyl groups excluding tert-OH is 1. The largest absolute Gasteiger partial charge is 0.395 e. The number of pyridine rings is 1. The summed E-state index contributed by atoms with van der Waals surface area (Å²) in [6.07, 6.45) is 5.82. The molecule has 21 heavy (non-hydrogen) atoms. The Labute approximate surface area is 125 Å². The van der Waals surface area contributed by atoms with Gasteiger partial charge in [0.25, 0.3) is 5.91 Å². The van der Waals surface area contributed by atoms with Crippen molar-refractivity contribution < 1.29 is 9.90 Å². The van der Waals surface area contributed by atoms with E-state index < -0.39 is 0 Å². The van der Waals surface area contributed by atoms with Gasteiger partial charge in [-0.1, -0.05) is 24.7 Å². The van der Waals surface area contributed by atoms with Crippen molar-refractivity contribution in [1.82, 2.24) is 9.88 Å². The van der Waals surface area contributed by atoms with E-state index in [2.05, 4.69) is 16.8 Å². The molecule has 0 radical (unpaired) electrons. The Morgan fingerprint density at radius 1 is 1.48 bits per heavy atom. The predicted molar refractivity (Wildman–Crippen MR) is 80.5 cm³/mol. The van der Waals surface area contributed by atoms with E-state index in [0.29, 0.717) is 17.8 Å². The molecule has 112 valence electrons. The highest BCUT2D eigenvalue weighted by atomic mass is 16.3. The number of amides is 1. The van der Waals surface area contributed by atoms with Crippen molar-refractivity contribution in [2.75, 3.05) is 19.7 Å². The molecule has 0 spiro atoms. The van der Waals surface area contributed by atoms with Gasteiger partial charge in [0.05, 0.1) is 18.7 Å². The molecule has 1 amide bonds.